The average Bonchev–Trinajstić information content (AvgIpc) is 3.44. The highest BCUT2D eigenvalue weighted by atomic mass is 32.2. The van der Waals surface area contributed by atoms with E-state index in [0.717, 1.165) is 28.2 Å². The Morgan fingerprint density at radius 1 is 1.23 bits per heavy atom. The number of rotatable bonds is 7. The number of aromatic nitrogens is 1. The van der Waals surface area contributed by atoms with Crippen LogP contribution in [0.3, 0.4) is 0 Å². The number of carbonyl (C=O) groups excluding carboxylic acids is 1. The summed E-state index contributed by atoms with van der Waals surface area (Å²) in [6.45, 7) is 2.37. The molecule has 1 aliphatic heterocycles. The third kappa shape index (κ3) is 4.36. The van der Waals surface area contributed by atoms with Crippen LogP contribution in [-0.2, 0) is 27.8 Å². The number of hydrogen-bond donors (Lipinski definition) is 0. The van der Waals surface area contributed by atoms with Crippen molar-refractivity contribution in [2.45, 2.75) is 24.3 Å². The topological polar surface area (TPSA) is 68.7 Å². The smallest absolute Gasteiger partial charge is 0.242 e. The van der Waals surface area contributed by atoms with Crippen LogP contribution in [0.4, 0.5) is 5.69 Å². The molecule has 3 aromatic rings. The van der Waals surface area contributed by atoms with Crippen LogP contribution < -0.4 is 14.4 Å². The summed E-state index contributed by atoms with van der Waals surface area (Å²) in [5.74, 6) is 1.50. The molecule has 162 valence electrons. The molecule has 8 heteroatoms. The fraction of sp³-hybridized carbons (Fsp3) is 0.304. The highest BCUT2D eigenvalue weighted by Crippen LogP contribution is 2.35. The lowest BCUT2D eigenvalue weighted by Crippen LogP contribution is -2.39. The van der Waals surface area contributed by atoms with Gasteiger partial charge in [0.2, 0.25) is 5.91 Å². The maximum absolute atomic E-state index is 13.0. The Bertz CT molecular complexity index is 1130. The number of benzene rings is 2. The highest BCUT2D eigenvalue weighted by Gasteiger charge is 2.31. The van der Waals surface area contributed by atoms with Gasteiger partial charge in [-0.25, -0.2) is 4.98 Å². The molecule has 0 saturated carbocycles. The zero-order valence-electron chi connectivity index (χ0n) is 17.7. The molecule has 2 atom stereocenters. The van der Waals surface area contributed by atoms with Crippen LogP contribution >= 0.6 is 11.3 Å². The number of methoxy groups -OCH3 is 2. The summed E-state index contributed by atoms with van der Waals surface area (Å²) in [4.78, 5) is 19.4. The Kier molecular flexibility index (Phi) is 6.38. The Morgan fingerprint density at radius 3 is 2.81 bits per heavy atom. The van der Waals surface area contributed by atoms with Crippen LogP contribution in [0.1, 0.15) is 18.2 Å². The zero-order valence-corrected chi connectivity index (χ0v) is 19.3. The van der Waals surface area contributed by atoms with Crippen molar-refractivity contribution in [3.63, 3.8) is 0 Å². The lowest BCUT2D eigenvalue weighted by Gasteiger charge is -2.21. The summed E-state index contributed by atoms with van der Waals surface area (Å²) in [5, 5.41) is 2.06. The highest BCUT2D eigenvalue weighted by molar-refractivity contribution is 7.85. The number of nitrogens with zero attached hydrogens (tertiary/aromatic N) is 2. The normalized spacial score (nSPS) is 14.7. The predicted octanol–water partition coefficient (Wildman–Crippen LogP) is 4.05. The molecule has 0 bridgehead atoms. The second-order valence-electron chi connectivity index (χ2n) is 7.25. The Morgan fingerprint density at radius 2 is 2.03 bits per heavy atom. The molecule has 0 N–H and O–H groups in total. The number of para-hydroxylation sites is 1. The van der Waals surface area contributed by atoms with Crippen molar-refractivity contribution in [1.29, 1.82) is 0 Å². The van der Waals surface area contributed by atoms with E-state index in [-0.39, 0.29) is 11.7 Å². The molecule has 2 aromatic carbocycles. The first kappa shape index (κ1) is 21.5. The number of carbonyl (C=O) groups is 1. The van der Waals surface area contributed by atoms with Gasteiger partial charge in [0.15, 0.2) is 0 Å². The van der Waals surface area contributed by atoms with Gasteiger partial charge >= 0.3 is 0 Å². The molecule has 1 aliphatic rings. The molecule has 2 heterocycles. The summed E-state index contributed by atoms with van der Waals surface area (Å²) in [5.41, 5.74) is 3.64. The first-order valence-electron chi connectivity index (χ1n) is 9.95. The van der Waals surface area contributed by atoms with E-state index in [1.54, 1.807) is 26.0 Å². The van der Waals surface area contributed by atoms with E-state index < -0.39 is 16.0 Å². The first-order chi connectivity index (χ1) is 15.0. The van der Waals surface area contributed by atoms with Crippen molar-refractivity contribution in [2.75, 3.05) is 25.7 Å². The maximum atomic E-state index is 13.0. The Balaban J connectivity index is 1.46. The van der Waals surface area contributed by atoms with Crippen LogP contribution in [0, 0.1) is 0 Å². The molecule has 2 unspecified atom stereocenters. The summed E-state index contributed by atoms with van der Waals surface area (Å²) >= 11 is 1.46. The number of amides is 1. The summed E-state index contributed by atoms with van der Waals surface area (Å²) in [6.07, 6.45) is 0.834. The number of ether oxygens (including phenoxy) is 2. The fourth-order valence-corrected chi connectivity index (χ4v) is 5.64. The average molecular weight is 457 g/mol. The van der Waals surface area contributed by atoms with Gasteiger partial charge in [-0.15, -0.1) is 11.3 Å². The summed E-state index contributed by atoms with van der Waals surface area (Å²) in [6, 6.07) is 13.4. The lowest BCUT2D eigenvalue weighted by molar-refractivity contribution is -0.117. The lowest BCUT2D eigenvalue weighted by atomic mass is 10.2. The van der Waals surface area contributed by atoms with Gasteiger partial charge in [0.25, 0.3) is 0 Å². The van der Waals surface area contributed by atoms with Gasteiger partial charge in [-0.05, 0) is 37.1 Å². The quantitative estimate of drug-likeness (QED) is 0.536. The molecule has 1 aromatic heterocycles. The minimum atomic E-state index is -1.37. The van der Waals surface area contributed by atoms with Gasteiger partial charge in [0, 0.05) is 34.5 Å². The van der Waals surface area contributed by atoms with Gasteiger partial charge in [0.05, 0.1) is 31.2 Å². The van der Waals surface area contributed by atoms with Crippen LogP contribution in [0.5, 0.6) is 11.5 Å². The van der Waals surface area contributed by atoms with E-state index in [4.69, 9.17) is 9.47 Å². The molecule has 0 fully saturated rings. The monoisotopic (exact) mass is 456 g/mol. The van der Waals surface area contributed by atoms with Gasteiger partial charge in [0.1, 0.15) is 21.8 Å². The third-order valence-corrected chi connectivity index (χ3v) is 7.87. The maximum Gasteiger partial charge on any atom is 0.242 e. The van der Waals surface area contributed by atoms with Crippen molar-refractivity contribution in [1.82, 2.24) is 4.98 Å². The second kappa shape index (κ2) is 9.20. The SMILES string of the molecule is COc1ccc(-c2nc(CS(=O)C(C)C(=O)N3CCc4ccccc43)cs2)c(OC)c1. The second-order valence-corrected chi connectivity index (χ2v) is 9.86. The van der Waals surface area contributed by atoms with Gasteiger partial charge in [-0.1, -0.05) is 18.2 Å². The van der Waals surface area contributed by atoms with Gasteiger partial charge in [-0.3, -0.25) is 9.00 Å². The molecule has 0 aliphatic carbocycles. The minimum Gasteiger partial charge on any atom is -0.497 e. The number of anilines is 1. The van der Waals surface area contributed by atoms with Crippen LogP contribution in [0.2, 0.25) is 0 Å². The van der Waals surface area contributed by atoms with Crippen molar-refractivity contribution in [3.8, 4) is 22.1 Å². The number of fused-ring (bicyclic) bond motifs is 1. The predicted molar refractivity (Wildman–Crippen MR) is 124 cm³/mol. The zero-order chi connectivity index (χ0) is 22.0. The Labute approximate surface area is 188 Å². The van der Waals surface area contributed by atoms with E-state index in [1.165, 1.54) is 11.3 Å². The van der Waals surface area contributed by atoms with Crippen LogP contribution in [0.25, 0.3) is 10.6 Å². The summed E-state index contributed by atoms with van der Waals surface area (Å²) < 4.78 is 23.7. The fourth-order valence-electron chi connectivity index (χ4n) is 3.64. The van der Waals surface area contributed by atoms with E-state index in [1.807, 2.05) is 47.8 Å². The molecule has 0 saturated heterocycles. The molecule has 4 rings (SSSR count). The van der Waals surface area contributed by atoms with E-state index >= 15 is 0 Å². The van der Waals surface area contributed by atoms with Crippen LogP contribution in [0.15, 0.2) is 47.8 Å². The molecule has 0 radical (unpaired) electrons. The van der Waals surface area contributed by atoms with E-state index in [9.17, 15) is 9.00 Å². The Hall–Kier alpha value is -2.71. The third-order valence-electron chi connectivity index (χ3n) is 5.38. The first-order valence-corrected chi connectivity index (χ1v) is 12.2. The molecule has 6 nitrogen and oxygen atoms in total. The van der Waals surface area contributed by atoms with E-state index in [2.05, 4.69) is 4.98 Å². The molecule has 0 spiro atoms. The summed E-state index contributed by atoms with van der Waals surface area (Å²) in [7, 11) is 1.84. The number of hydrogen-bond acceptors (Lipinski definition) is 6. The number of thiazole rings is 1. The largest absolute Gasteiger partial charge is 0.497 e. The van der Waals surface area contributed by atoms with Gasteiger partial charge < -0.3 is 14.4 Å². The van der Waals surface area contributed by atoms with E-state index in [0.29, 0.717) is 23.7 Å². The molecule has 1 amide bonds. The molecular formula is C23H24N2O4S2. The van der Waals surface area contributed by atoms with Crippen LogP contribution in [-0.4, -0.2) is 41.1 Å². The molecular weight excluding hydrogens is 432 g/mol. The standard InChI is InChI=1S/C23H24N2O4S2/c1-15(23(26)25-11-10-16-6-4-5-7-20(16)25)31(27)14-17-13-30-22(24-17)19-9-8-18(28-2)12-21(19)29-3/h4-9,12-13,15H,10-11,14H2,1-3H3. The van der Waals surface area contributed by atoms with Gasteiger partial charge in [-0.2, -0.15) is 0 Å². The van der Waals surface area contributed by atoms with Crippen molar-refractivity contribution in [2.24, 2.45) is 0 Å². The van der Waals surface area contributed by atoms with Crippen molar-refractivity contribution in [3.05, 3.63) is 59.1 Å². The van der Waals surface area contributed by atoms with Crippen molar-refractivity contribution < 1.29 is 18.5 Å². The minimum absolute atomic E-state index is 0.101. The molecule has 31 heavy (non-hydrogen) atoms. The van der Waals surface area contributed by atoms with Crippen molar-refractivity contribution >= 4 is 33.7 Å².